The standard InChI is InChI=1S/2C25H25NO/c2*1-2-5-18(6-3-1)19-8-11-21(12-9-19)26-22-13-15-23-20(17-22)10-14-24(23)25-7-4-16-27-25/h2*1-3,5-6,8-9,11-13,15,17,24-26H,4,7,10,14,16H2/t2*24-,25+/m10/s1. The average molecular weight is 711 g/mol. The fraction of sp³-hybridized carbons (Fsp3) is 0.280. The van der Waals surface area contributed by atoms with Gasteiger partial charge in [-0.2, -0.15) is 0 Å². The van der Waals surface area contributed by atoms with Crippen molar-refractivity contribution >= 4 is 22.7 Å². The first-order valence-corrected chi connectivity index (χ1v) is 20.1. The van der Waals surface area contributed by atoms with Crippen LogP contribution in [-0.4, -0.2) is 25.4 Å². The molecule has 272 valence electrons. The lowest BCUT2D eigenvalue weighted by atomic mass is 9.93. The molecule has 2 aliphatic heterocycles. The zero-order valence-corrected chi connectivity index (χ0v) is 31.1. The van der Waals surface area contributed by atoms with Crippen LogP contribution in [-0.2, 0) is 22.3 Å². The SMILES string of the molecule is c1ccc(-c2ccc(Nc3ccc4c(c3)CC[C@@H]4[C@H]3CCCO3)cc2)cc1.c1ccc(-c2ccc(Nc3ccc4c(c3)CC[C@H]4[C@@H]3CCCO3)cc2)cc1. The molecule has 4 aliphatic rings. The van der Waals surface area contributed by atoms with Gasteiger partial charge in [0.25, 0.3) is 0 Å². The summed E-state index contributed by atoms with van der Waals surface area (Å²) >= 11 is 0. The van der Waals surface area contributed by atoms with E-state index >= 15 is 0 Å². The van der Waals surface area contributed by atoms with Gasteiger partial charge < -0.3 is 20.1 Å². The number of fused-ring (bicyclic) bond motifs is 2. The number of hydrogen-bond donors (Lipinski definition) is 2. The van der Waals surface area contributed by atoms with E-state index in [0.29, 0.717) is 24.0 Å². The van der Waals surface area contributed by atoms with Crippen molar-refractivity contribution in [3.8, 4) is 22.3 Å². The van der Waals surface area contributed by atoms with Crippen LogP contribution in [0.25, 0.3) is 22.3 Å². The molecule has 0 bridgehead atoms. The van der Waals surface area contributed by atoms with Crippen molar-refractivity contribution in [1.29, 1.82) is 0 Å². The van der Waals surface area contributed by atoms with E-state index in [-0.39, 0.29) is 0 Å². The lowest BCUT2D eigenvalue weighted by Crippen LogP contribution is -2.15. The van der Waals surface area contributed by atoms with Gasteiger partial charge in [0.15, 0.2) is 0 Å². The fourth-order valence-corrected chi connectivity index (χ4v) is 9.16. The Bertz CT molecular complexity index is 1980. The van der Waals surface area contributed by atoms with Gasteiger partial charge in [-0.15, -0.1) is 0 Å². The van der Waals surface area contributed by atoms with Crippen LogP contribution in [0.5, 0.6) is 0 Å². The second-order valence-electron chi connectivity index (χ2n) is 15.4. The molecule has 4 nitrogen and oxygen atoms in total. The highest BCUT2D eigenvalue weighted by atomic mass is 16.5. The smallest absolute Gasteiger partial charge is 0.0644 e. The third kappa shape index (κ3) is 7.73. The summed E-state index contributed by atoms with van der Waals surface area (Å²) in [6.45, 7) is 1.88. The molecule has 6 aromatic carbocycles. The molecule has 10 rings (SSSR count). The molecule has 4 atom stereocenters. The third-order valence-corrected chi connectivity index (χ3v) is 11.9. The quantitative estimate of drug-likeness (QED) is 0.165. The van der Waals surface area contributed by atoms with Gasteiger partial charge in [-0.3, -0.25) is 0 Å². The van der Waals surface area contributed by atoms with E-state index in [1.165, 1.54) is 107 Å². The number of nitrogens with one attached hydrogen (secondary N) is 2. The molecule has 2 aliphatic carbocycles. The second-order valence-corrected chi connectivity index (χ2v) is 15.4. The Labute approximate surface area is 320 Å². The molecule has 2 fully saturated rings. The van der Waals surface area contributed by atoms with Gasteiger partial charge in [0, 0.05) is 47.8 Å². The molecule has 0 spiro atoms. The van der Waals surface area contributed by atoms with Crippen LogP contribution in [0.15, 0.2) is 146 Å². The van der Waals surface area contributed by atoms with E-state index in [2.05, 4.69) is 156 Å². The lowest BCUT2D eigenvalue weighted by molar-refractivity contribution is 0.0887. The molecule has 0 saturated carbocycles. The zero-order valence-electron chi connectivity index (χ0n) is 31.1. The predicted octanol–water partition coefficient (Wildman–Crippen LogP) is 12.6. The van der Waals surface area contributed by atoms with Crippen LogP contribution in [0.2, 0.25) is 0 Å². The summed E-state index contributed by atoms with van der Waals surface area (Å²) in [6.07, 6.45) is 10.6. The van der Waals surface area contributed by atoms with Crippen molar-refractivity contribution in [3.63, 3.8) is 0 Å². The average Bonchev–Trinajstić information content (AvgIpc) is 4.07. The molecular weight excluding hydrogens is 661 g/mol. The Kier molecular flexibility index (Phi) is 10.3. The number of rotatable bonds is 8. The zero-order chi connectivity index (χ0) is 36.1. The maximum absolute atomic E-state index is 5.95. The van der Waals surface area contributed by atoms with E-state index < -0.39 is 0 Å². The molecule has 54 heavy (non-hydrogen) atoms. The lowest BCUT2D eigenvalue weighted by Gasteiger charge is -2.19. The molecule has 0 aromatic heterocycles. The van der Waals surface area contributed by atoms with Crippen molar-refractivity contribution in [1.82, 2.24) is 0 Å². The van der Waals surface area contributed by atoms with Crippen molar-refractivity contribution in [2.24, 2.45) is 0 Å². The van der Waals surface area contributed by atoms with Crippen LogP contribution >= 0.6 is 0 Å². The van der Waals surface area contributed by atoms with Crippen LogP contribution in [0.1, 0.15) is 72.6 Å². The summed E-state index contributed by atoms with van der Waals surface area (Å²) in [5.74, 6) is 1.20. The van der Waals surface area contributed by atoms with E-state index in [4.69, 9.17) is 9.47 Å². The number of aryl methyl sites for hydroxylation is 2. The minimum atomic E-state index is 0.440. The molecule has 2 heterocycles. The summed E-state index contributed by atoms with van der Waals surface area (Å²) in [7, 11) is 0. The van der Waals surface area contributed by atoms with Gasteiger partial charge >= 0.3 is 0 Å². The molecular formula is C50H50N2O2. The topological polar surface area (TPSA) is 42.5 Å². The van der Waals surface area contributed by atoms with Crippen molar-refractivity contribution < 1.29 is 9.47 Å². The van der Waals surface area contributed by atoms with Crippen molar-refractivity contribution in [2.75, 3.05) is 23.8 Å². The molecule has 6 aromatic rings. The Morgan fingerprint density at radius 3 is 1.17 bits per heavy atom. The first-order chi connectivity index (χ1) is 26.7. The summed E-state index contributed by atoms with van der Waals surface area (Å²) in [4.78, 5) is 0. The number of hydrogen-bond acceptors (Lipinski definition) is 4. The van der Waals surface area contributed by atoms with Crippen LogP contribution in [0.3, 0.4) is 0 Å². The molecule has 0 radical (unpaired) electrons. The maximum Gasteiger partial charge on any atom is 0.0644 e. The van der Waals surface area contributed by atoms with Gasteiger partial charge in [-0.25, -0.2) is 0 Å². The fourth-order valence-electron chi connectivity index (χ4n) is 9.16. The summed E-state index contributed by atoms with van der Waals surface area (Å²) in [5.41, 5.74) is 15.6. The molecule has 0 amide bonds. The van der Waals surface area contributed by atoms with Crippen molar-refractivity contribution in [2.45, 2.75) is 75.4 Å². The maximum atomic E-state index is 5.95. The minimum Gasteiger partial charge on any atom is -0.378 e. The number of anilines is 4. The van der Waals surface area contributed by atoms with Crippen LogP contribution in [0.4, 0.5) is 22.7 Å². The van der Waals surface area contributed by atoms with Gasteiger partial charge in [0.1, 0.15) is 0 Å². The summed E-state index contributed by atoms with van der Waals surface area (Å²) in [5, 5.41) is 7.13. The highest BCUT2D eigenvalue weighted by molar-refractivity contribution is 5.70. The minimum absolute atomic E-state index is 0.440. The first-order valence-electron chi connectivity index (χ1n) is 20.1. The van der Waals surface area contributed by atoms with Crippen molar-refractivity contribution in [3.05, 3.63) is 168 Å². The number of ether oxygens (including phenoxy) is 2. The van der Waals surface area contributed by atoms with Gasteiger partial charge in [-0.05, 0) is 144 Å². The largest absolute Gasteiger partial charge is 0.378 e. The van der Waals surface area contributed by atoms with Gasteiger partial charge in [0.05, 0.1) is 12.2 Å². The van der Waals surface area contributed by atoms with Gasteiger partial charge in [-0.1, -0.05) is 97.1 Å². The third-order valence-electron chi connectivity index (χ3n) is 11.9. The highest BCUT2D eigenvalue weighted by Crippen LogP contribution is 2.42. The summed E-state index contributed by atoms with van der Waals surface area (Å²) < 4.78 is 11.9. The first kappa shape index (κ1) is 34.6. The van der Waals surface area contributed by atoms with Crippen LogP contribution in [0, 0.1) is 0 Å². The molecule has 2 N–H and O–H groups in total. The van der Waals surface area contributed by atoms with Crippen LogP contribution < -0.4 is 10.6 Å². The predicted molar refractivity (Wildman–Crippen MR) is 223 cm³/mol. The monoisotopic (exact) mass is 710 g/mol. The normalized spacial score (nSPS) is 21.2. The molecule has 4 heteroatoms. The Balaban J connectivity index is 0.000000142. The molecule has 2 saturated heterocycles. The van der Waals surface area contributed by atoms with E-state index in [9.17, 15) is 0 Å². The van der Waals surface area contributed by atoms with E-state index in [1.54, 1.807) is 0 Å². The number of benzene rings is 6. The van der Waals surface area contributed by atoms with E-state index in [1.807, 2.05) is 0 Å². The Hall–Kier alpha value is -5.16. The Morgan fingerprint density at radius 1 is 0.389 bits per heavy atom. The molecule has 0 unspecified atom stereocenters. The second kappa shape index (κ2) is 16.1. The van der Waals surface area contributed by atoms with E-state index in [0.717, 1.165) is 24.6 Å². The highest BCUT2D eigenvalue weighted by Gasteiger charge is 2.33. The summed E-state index contributed by atoms with van der Waals surface area (Å²) in [6, 6.07) is 52.1. The Morgan fingerprint density at radius 2 is 0.778 bits per heavy atom. The van der Waals surface area contributed by atoms with Gasteiger partial charge in [0.2, 0.25) is 0 Å².